The highest BCUT2D eigenvalue weighted by molar-refractivity contribution is 6.07. The van der Waals surface area contributed by atoms with Crippen molar-refractivity contribution in [2.45, 2.75) is 33.4 Å². The van der Waals surface area contributed by atoms with Gasteiger partial charge in [0.25, 0.3) is 11.8 Å². The molecule has 0 aliphatic carbocycles. The lowest BCUT2D eigenvalue weighted by atomic mass is 10.0. The number of nitrogens with one attached hydrogen (secondary N) is 2. The van der Waals surface area contributed by atoms with E-state index in [9.17, 15) is 18.4 Å². The lowest BCUT2D eigenvalue weighted by molar-refractivity contribution is 0.0743. The standard InChI is InChI=1S/C26H25F2N3O2/c1-4-11-31-24(29-18-8-5-15(2)22(27)13-18)20-10-7-17(12-21(20)26(31)33)25(32)30-19-9-6-16(3)23(28)14-19/h5-10,12-14,24,29H,4,11H2,1-3H3,(H,30,32). The van der Waals surface area contributed by atoms with E-state index in [2.05, 4.69) is 10.6 Å². The van der Waals surface area contributed by atoms with Crippen LogP contribution < -0.4 is 10.6 Å². The summed E-state index contributed by atoms with van der Waals surface area (Å²) in [5.41, 5.74) is 3.35. The number of hydrogen-bond acceptors (Lipinski definition) is 3. The van der Waals surface area contributed by atoms with E-state index in [-0.39, 0.29) is 11.7 Å². The fraction of sp³-hybridized carbons (Fsp3) is 0.231. The van der Waals surface area contributed by atoms with Crippen LogP contribution in [0.3, 0.4) is 0 Å². The third-order valence-corrected chi connectivity index (χ3v) is 5.78. The minimum absolute atomic E-state index is 0.201. The van der Waals surface area contributed by atoms with E-state index < -0.39 is 17.9 Å². The summed E-state index contributed by atoms with van der Waals surface area (Å²) >= 11 is 0. The first-order valence-corrected chi connectivity index (χ1v) is 10.8. The van der Waals surface area contributed by atoms with Crippen molar-refractivity contribution >= 4 is 23.2 Å². The molecule has 0 spiro atoms. The van der Waals surface area contributed by atoms with Crippen molar-refractivity contribution in [2.75, 3.05) is 17.2 Å². The molecule has 1 atom stereocenters. The molecule has 1 unspecified atom stereocenters. The summed E-state index contributed by atoms with van der Waals surface area (Å²) in [7, 11) is 0. The van der Waals surface area contributed by atoms with Gasteiger partial charge in [0.05, 0.1) is 0 Å². The van der Waals surface area contributed by atoms with Gasteiger partial charge in [0.2, 0.25) is 0 Å². The third-order valence-electron chi connectivity index (χ3n) is 5.78. The van der Waals surface area contributed by atoms with E-state index >= 15 is 0 Å². The van der Waals surface area contributed by atoms with Crippen molar-refractivity contribution in [1.29, 1.82) is 0 Å². The fourth-order valence-electron chi connectivity index (χ4n) is 3.90. The van der Waals surface area contributed by atoms with Gasteiger partial charge < -0.3 is 15.5 Å². The first-order valence-electron chi connectivity index (χ1n) is 10.8. The molecule has 0 fully saturated rings. The molecule has 4 rings (SSSR count). The molecular formula is C26H25F2N3O2. The summed E-state index contributed by atoms with van der Waals surface area (Å²) in [6.45, 7) is 5.81. The van der Waals surface area contributed by atoms with E-state index in [0.29, 0.717) is 45.7 Å². The first kappa shape index (κ1) is 22.5. The van der Waals surface area contributed by atoms with Crippen LogP contribution in [0.2, 0.25) is 0 Å². The lowest BCUT2D eigenvalue weighted by Crippen LogP contribution is -2.33. The Labute approximate surface area is 191 Å². The van der Waals surface area contributed by atoms with Gasteiger partial charge in [0.1, 0.15) is 17.8 Å². The highest BCUT2D eigenvalue weighted by Gasteiger charge is 2.36. The van der Waals surface area contributed by atoms with Gasteiger partial charge >= 0.3 is 0 Å². The Bertz CT molecular complexity index is 1240. The van der Waals surface area contributed by atoms with Crippen molar-refractivity contribution in [3.63, 3.8) is 0 Å². The summed E-state index contributed by atoms with van der Waals surface area (Å²) in [5, 5.41) is 5.92. The number of nitrogens with zero attached hydrogens (tertiary/aromatic N) is 1. The maximum atomic E-state index is 14.1. The Morgan fingerprint density at radius 3 is 2.21 bits per heavy atom. The number of halogens is 2. The second kappa shape index (κ2) is 9.02. The molecule has 1 aliphatic heterocycles. The zero-order chi connectivity index (χ0) is 23.7. The maximum absolute atomic E-state index is 14.1. The summed E-state index contributed by atoms with van der Waals surface area (Å²) < 4.78 is 27.9. The molecule has 3 aromatic rings. The second-order valence-corrected chi connectivity index (χ2v) is 8.23. The van der Waals surface area contributed by atoms with Gasteiger partial charge in [-0.25, -0.2) is 8.78 Å². The minimum Gasteiger partial charge on any atom is -0.361 e. The van der Waals surface area contributed by atoms with Crippen molar-refractivity contribution in [2.24, 2.45) is 0 Å². The minimum atomic E-state index is -0.474. The van der Waals surface area contributed by atoms with Gasteiger partial charge in [0, 0.05) is 34.6 Å². The van der Waals surface area contributed by atoms with Crippen LogP contribution in [-0.4, -0.2) is 23.3 Å². The molecule has 0 saturated heterocycles. The Hall–Kier alpha value is -3.74. The van der Waals surface area contributed by atoms with E-state index in [4.69, 9.17) is 0 Å². The average Bonchev–Trinajstić information content (AvgIpc) is 3.04. The monoisotopic (exact) mass is 449 g/mol. The van der Waals surface area contributed by atoms with Crippen LogP contribution in [0.15, 0.2) is 54.6 Å². The van der Waals surface area contributed by atoms with Gasteiger partial charge in [0.15, 0.2) is 0 Å². The Balaban J connectivity index is 1.62. The summed E-state index contributed by atoms with van der Waals surface area (Å²) in [6.07, 6.45) is 0.268. The second-order valence-electron chi connectivity index (χ2n) is 8.23. The van der Waals surface area contributed by atoms with Crippen LogP contribution in [-0.2, 0) is 0 Å². The largest absolute Gasteiger partial charge is 0.361 e. The molecule has 170 valence electrons. The molecule has 33 heavy (non-hydrogen) atoms. The van der Waals surface area contributed by atoms with Crippen LogP contribution in [0.5, 0.6) is 0 Å². The van der Waals surface area contributed by atoms with E-state index in [0.717, 1.165) is 6.42 Å². The van der Waals surface area contributed by atoms with Gasteiger partial charge in [-0.2, -0.15) is 0 Å². The zero-order valence-corrected chi connectivity index (χ0v) is 18.7. The van der Waals surface area contributed by atoms with Crippen LogP contribution >= 0.6 is 0 Å². The highest BCUT2D eigenvalue weighted by Crippen LogP contribution is 2.35. The van der Waals surface area contributed by atoms with E-state index in [1.165, 1.54) is 12.1 Å². The molecule has 2 amide bonds. The van der Waals surface area contributed by atoms with Gasteiger partial charge in [-0.1, -0.05) is 25.1 Å². The quantitative estimate of drug-likeness (QED) is 0.499. The Morgan fingerprint density at radius 1 is 0.939 bits per heavy atom. The van der Waals surface area contributed by atoms with Crippen LogP contribution in [0, 0.1) is 25.5 Å². The molecule has 0 bridgehead atoms. The van der Waals surface area contributed by atoms with Crippen molar-refractivity contribution < 1.29 is 18.4 Å². The summed E-state index contributed by atoms with van der Waals surface area (Å²) in [5.74, 6) is -1.37. The molecule has 2 N–H and O–H groups in total. The number of benzene rings is 3. The van der Waals surface area contributed by atoms with Crippen LogP contribution in [0.25, 0.3) is 0 Å². The van der Waals surface area contributed by atoms with E-state index in [1.54, 1.807) is 61.2 Å². The summed E-state index contributed by atoms with van der Waals surface area (Å²) in [4.78, 5) is 27.6. The number of fused-ring (bicyclic) bond motifs is 1. The molecule has 0 radical (unpaired) electrons. The summed E-state index contributed by atoms with van der Waals surface area (Å²) in [6, 6.07) is 14.2. The third kappa shape index (κ3) is 4.44. The predicted molar refractivity (Wildman–Crippen MR) is 124 cm³/mol. The number of carbonyl (C=O) groups is 2. The number of hydrogen-bond donors (Lipinski definition) is 2. The first-order chi connectivity index (χ1) is 15.8. The molecule has 7 heteroatoms. The molecule has 1 heterocycles. The Kier molecular flexibility index (Phi) is 6.14. The van der Waals surface area contributed by atoms with Crippen LogP contribution in [0.1, 0.15) is 56.9 Å². The lowest BCUT2D eigenvalue weighted by Gasteiger charge is -2.26. The number of rotatable bonds is 6. The molecule has 5 nitrogen and oxygen atoms in total. The fourth-order valence-corrected chi connectivity index (χ4v) is 3.90. The van der Waals surface area contributed by atoms with Gasteiger partial charge in [-0.15, -0.1) is 0 Å². The molecule has 0 saturated carbocycles. The number of amides is 2. The number of aryl methyl sites for hydroxylation is 2. The highest BCUT2D eigenvalue weighted by atomic mass is 19.1. The zero-order valence-electron chi connectivity index (χ0n) is 18.7. The number of carbonyl (C=O) groups excluding carboxylic acids is 2. The van der Waals surface area contributed by atoms with Crippen molar-refractivity contribution in [3.05, 3.63) is 94.0 Å². The smallest absolute Gasteiger partial charge is 0.256 e. The normalized spacial score (nSPS) is 14.9. The van der Waals surface area contributed by atoms with E-state index in [1.807, 2.05) is 6.92 Å². The molecular weight excluding hydrogens is 424 g/mol. The topological polar surface area (TPSA) is 61.4 Å². The maximum Gasteiger partial charge on any atom is 0.256 e. The van der Waals surface area contributed by atoms with Crippen molar-refractivity contribution in [3.8, 4) is 0 Å². The number of anilines is 2. The van der Waals surface area contributed by atoms with Crippen molar-refractivity contribution in [1.82, 2.24) is 4.90 Å². The molecule has 3 aromatic carbocycles. The predicted octanol–water partition coefficient (Wildman–Crippen LogP) is 5.81. The molecule has 1 aliphatic rings. The van der Waals surface area contributed by atoms with Gasteiger partial charge in [-0.3, -0.25) is 9.59 Å². The molecule has 0 aromatic heterocycles. The van der Waals surface area contributed by atoms with Gasteiger partial charge in [-0.05, 0) is 67.8 Å². The van der Waals surface area contributed by atoms with Crippen LogP contribution in [0.4, 0.5) is 20.2 Å². The Morgan fingerprint density at radius 2 is 1.58 bits per heavy atom. The average molecular weight is 450 g/mol. The SMILES string of the molecule is CCCN1C(=O)c2cc(C(=O)Nc3ccc(C)c(F)c3)ccc2C1Nc1ccc(C)c(F)c1.